The molecule has 1 amide bonds. The standard InChI is InChI=1S/C24H24ClN3O3S/c1-27(21-13-14-32(30,31)17-21)23(29)12-11-20-16-28(15-19-9-5-6-10-22(19)25)26-24(20)18-7-3-2-4-8-18/h2-12,16,21H,13-15,17H2,1H3/b12-11+/t21-/m1/s1. The molecule has 2 aromatic carbocycles. The Kier molecular flexibility index (Phi) is 6.48. The first kappa shape index (κ1) is 22.3. The number of hydrogen-bond acceptors (Lipinski definition) is 4. The van der Waals surface area contributed by atoms with Gasteiger partial charge in [0.15, 0.2) is 9.84 Å². The molecular formula is C24H24ClN3O3S. The van der Waals surface area contributed by atoms with E-state index in [2.05, 4.69) is 0 Å². The van der Waals surface area contributed by atoms with Crippen molar-refractivity contribution in [3.8, 4) is 11.3 Å². The summed E-state index contributed by atoms with van der Waals surface area (Å²) in [4.78, 5) is 14.2. The summed E-state index contributed by atoms with van der Waals surface area (Å²) in [5, 5.41) is 5.41. The van der Waals surface area contributed by atoms with Crippen LogP contribution in [0.5, 0.6) is 0 Å². The van der Waals surface area contributed by atoms with E-state index in [1.165, 1.54) is 11.0 Å². The lowest BCUT2D eigenvalue weighted by atomic mass is 10.1. The number of halogens is 1. The van der Waals surface area contributed by atoms with E-state index in [9.17, 15) is 13.2 Å². The lowest BCUT2D eigenvalue weighted by Crippen LogP contribution is -2.36. The van der Waals surface area contributed by atoms with Crippen LogP contribution in [0.4, 0.5) is 0 Å². The Bertz CT molecular complexity index is 1250. The molecule has 0 saturated carbocycles. The number of nitrogens with zero attached hydrogens (tertiary/aromatic N) is 3. The number of aromatic nitrogens is 2. The average Bonchev–Trinajstić information content (AvgIpc) is 3.36. The highest BCUT2D eigenvalue weighted by Crippen LogP contribution is 2.25. The number of carbonyl (C=O) groups is 1. The van der Waals surface area contributed by atoms with Crippen molar-refractivity contribution in [1.82, 2.24) is 14.7 Å². The molecule has 1 aromatic heterocycles. The van der Waals surface area contributed by atoms with Gasteiger partial charge in [0.1, 0.15) is 0 Å². The molecule has 166 valence electrons. The second kappa shape index (κ2) is 9.30. The van der Waals surface area contributed by atoms with Crippen LogP contribution in [0.2, 0.25) is 5.02 Å². The number of rotatable bonds is 6. The van der Waals surface area contributed by atoms with Crippen molar-refractivity contribution in [2.75, 3.05) is 18.6 Å². The van der Waals surface area contributed by atoms with E-state index < -0.39 is 9.84 Å². The molecule has 8 heteroatoms. The molecule has 1 aliphatic rings. The van der Waals surface area contributed by atoms with Crippen LogP contribution >= 0.6 is 11.6 Å². The number of hydrogen-bond donors (Lipinski definition) is 0. The van der Waals surface area contributed by atoms with E-state index in [-0.39, 0.29) is 23.5 Å². The Balaban J connectivity index is 1.59. The van der Waals surface area contributed by atoms with E-state index in [1.54, 1.807) is 17.8 Å². The Morgan fingerprint density at radius 1 is 1.19 bits per heavy atom. The molecule has 0 unspecified atom stereocenters. The maximum atomic E-state index is 12.7. The summed E-state index contributed by atoms with van der Waals surface area (Å²) in [5.74, 6) is -0.0787. The van der Waals surface area contributed by atoms with Gasteiger partial charge >= 0.3 is 0 Å². The summed E-state index contributed by atoms with van der Waals surface area (Å²) in [6.07, 6.45) is 5.58. The number of carbonyl (C=O) groups excluding carboxylic acids is 1. The van der Waals surface area contributed by atoms with Gasteiger partial charge in [-0.1, -0.05) is 60.1 Å². The third-order valence-electron chi connectivity index (χ3n) is 5.64. The molecule has 1 saturated heterocycles. The summed E-state index contributed by atoms with van der Waals surface area (Å²) in [6.45, 7) is 0.501. The monoisotopic (exact) mass is 469 g/mol. The van der Waals surface area contributed by atoms with Crippen LogP contribution in [0, 0.1) is 0 Å². The maximum Gasteiger partial charge on any atom is 0.246 e. The van der Waals surface area contributed by atoms with Crippen LogP contribution in [0.15, 0.2) is 66.9 Å². The fourth-order valence-corrected chi connectivity index (χ4v) is 5.77. The second-order valence-corrected chi connectivity index (χ2v) is 10.6. The summed E-state index contributed by atoms with van der Waals surface area (Å²) in [5.41, 5.74) is 3.44. The first-order valence-corrected chi connectivity index (χ1v) is 12.5. The molecule has 1 aliphatic heterocycles. The van der Waals surface area contributed by atoms with Crippen molar-refractivity contribution in [3.63, 3.8) is 0 Å². The summed E-state index contributed by atoms with van der Waals surface area (Å²) in [6, 6.07) is 17.1. The van der Waals surface area contributed by atoms with Gasteiger partial charge in [-0.3, -0.25) is 9.48 Å². The fraction of sp³-hybridized carbons (Fsp3) is 0.250. The molecule has 4 rings (SSSR count). The summed E-state index contributed by atoms with van der Waals surface area (Å²) >= 11 is 6.31. The van der Waals surface area contributed by atoms with Gasteiger partial charge in [0.2, 0.25) is 5.91 Å². The highest BCUT2D eigenvalue weighted by Gasteiger charge is 2.32. The van der Waals surface area contributed by atoms with Gasteiger partial charge in [-0.15, -0.1) is 0 Å². The van der Waals surface area contributed by atoms with Gasteiger partial charge in [-0.2, -0.15) is 5.10 Å². The number of likely N-dealkylation sites (N-methyl/N-ethyl adjacent to an activating group) is 1. The van der Waals surface area contributed by atoms with Crippen molar-refractivity contribution in [2.24, 2.45) is 0 Å². The van der Waals surface area contributed by atoms with Crippen molar-refractivity contribution in [2.45, 2.75) is 19.0 Å². The zero-order chi connectivity index (χ0) is 22.7. The normalized spacial score (nSPS) is 17.6. The minimum atomic E-state index is -3.06. The van der Waals surface area contributed by atoms with Gasteiger partial charge in [-0.25, -0.2) is 8.42 Å². The minimum Gasteiger partial charge on any atom is -0.338 e. The smallest absolute Gasteiger partial charge is 0.246 e. The van der Waals surface area contributed by atoms with Crippen molar-refractivity contribution in [1.29, 1.82) is 0 Å². The third-order valence-corrected chi connectivity index (χ3v) is 7.76. The SMILES string of the molecule is CN(C(=O)/C=C/c1cn(Cc2ccccc2Cl)nc1-c1ccccc1)[C@@H]1CCS(=O)(=O)C1. The maximum absolute atomic E-state index is 12.7. The Morgan fingerprint density at radius 3 is 2.59 bits per heavy atom. The zero-order valence-electron chi connectivity index (χ0n) is 17.7. The second-order valence-electron chi connectivity index (χ2n) is 7.93. The van der Waals surface area contributed by atoms with Crippen molar-refractivity contribution < 1.29 is 13.2 Å². The number of amides is 1. The molecule has 32 heavy (non-hydrogen) atoms. The van der Waals surface area contributed by atoms with E-state index in [0.717, 1.165) is 22.4 Å². The molecule has 0 radical (unpaired) electrons. The molecule has 3 aromatic rings. The largest absolute Gasteiger partial charge is 0.338 e. The van der Waals surface area contributed by atoms with E-state index in [0.29, 0.717) is 18.0 Å². The number of sulfone groups is 1. The zero-order valence-corrected chi connectivity index (χ0v) is 19.3. The van der Waals surface area contributed by atoms with Gasteiger partial charge in [0.05, 0.1) is 23.7 Å². The van der Waals surface area contributed by atoms with Crippen LogP contribution in [-0.2, 0) is 21.2 Å². The molecule has 2 heterocycles. The predicted octanol–water partition coefficient (Wildman–Crippen LogP) is 3.91. The fourth-order valence-electron chi connectivity index (χ4n) is 3.80. The molecular weight excluding hydrogens is 446 g/mol. The van der Waals surface area contributed by atoms with Gasteiger partial charge in [0.25, 0.3) is 0 Å². The van der Waals surface area contributed by atoms with E-state index in [4.69, 9.17) is 16.7 Å². The van der Waals surface area contributed by atoms with E-state index >= 15 is 0 Å². The Labute approximate surface area is 193 Å². The predicted molar refractivity (Wildman–Crippen MR) is 127 cm³/mol. The van der Waals surface area contributed by atoms with Crippen molar-refractivity contribution >= 4 is 33.4 Å². The molecule has 0 bridgehead atoms. The minimum absolute atomic E-state index is 0.0219. The quantitative estimate of drug-likeness (QED) is 0.513. The Morgan fingerprint density at radius 2 is 1.91 bits per heavy atom. The third kappa shape index (κ3) is 5.11. The van der Waals surface area contributed by atoms with Crippen LogP contribution in [0.1, 0.15) is 17.5 Å². The summed E-state index contributed by atoms with van der Waals surface area (Å²) < 4.78 is 25.3. The summed E-state index contributed by atoms with van der Waals surface area (Å²) in [7, 11) is -1.41. The molecule has 0 spiro atoms. The first-order valence-electron chi connectivity index (χ1n) is 10.3. The van der Waals surface area contributed by atoms with E-state index in [1.807, 2.05) is 60.8 Å². The average molecular weight is 470 g/mol. The molecule has 6 nitrogen and oxygen atoms in total. The highest BCUT2D eigenvalue weighted by atomic mass is 35.5. The molecule has 0 N–H and O–H groups in total. The molecule has 1 fully saturated rings. The van der Waals surface area contributed by atoms with Gasteiger partial charge < -0.3 is 4.90 Å². The van der Waals surface area contributed by atoms with Crippen LogP contribution in [-0.4, -0.2) is 53.6 Å². The lowest BCUT2D eigenvalue weighted by molar-refractivity contribution is -0.126. The van der Waals surface area contributed by atoms with Crippen LogP contribution in [0.3, 0.4) is 0 Å². The molecule has 0 aliphatic carbocycles. The highest BCUT2D eigenvalue weighted by molar-refractivity contribution is 7.91. The lowest BCUT2D eigenvalue weighted by Gasteiger charge is -2.21. The number of benzene rings is 2. The first-order chi connectivity index (χ1) is 15.3. The van der Waals surface area contributed by atoms with Gasteiger partial charge in [0, 0.05) is 41.5 Å². The topological polar surface area (TPSA) is 72.3 Å². The van der Waals surface area contributed by atoms with Crippen LogP contribution in [0.25, 0.3) is 17.3 Å². The van der Waals surface area contributed by atoms with Crippen molar-refractivity contribution in [3.05, 3.63) is 83.0 Å². The van der Waals surface area contributed by atoms with Gasteiger partial charge in [-0.05, 0) is 24.1 Å². The Hall–Kier alpha value is -2.90. The van der Waals surface area contributed by atoms with Crippen LogP contribution < -0.4 is 0 Å². The molecule has 1 atom stereocenters.